The highest BCUT2D eigenvalue weighted by Gasteiger charge is 2.39. The zero-order valence-corrected chi connectivity index (χ0v) is 12.9. The molecule has 2 N–H and O–H groups in total. The van der Waals surface area contributed by atoms with Crippen molar-refractivity contribution in [3.8, 4) is 0 Å². The summed E-state index contributed by atoms with van der Waals surface area (Å²) in [7, 11) is -6.91. The van der Waals surface area contributed by atoms with Gasteiger partial charge in [-0.25, -0.2) is 16.8 Å². The molecule has 6 nitrogen and oxygen atoms in total. The molecule has 1 fully saturated rings. The van der Waals surface area contributed by atoms with Crippen molar-refractivity contribution in [2.45, 2.75) is 18.7 Å². The van der Waals surface area contributed by atoms with Gasteiger partial charge in [0, 0.05) is 23.8 Å². The molecule has 1 aliphatic heterocycles. The molecule has 1 atom stereocenters. The number of rotatable bonds is 6. The van der Waals surface area contributed by atoms with E-state index < -0.39 is 25.2 Å². The Labute approximate surface area is 113 Å². The summed E-state index contributed by atoms with van der Waals surface area (Å²) < 4.78 is 49.3. The Hall–Kier alpha value is 0.170. The van der Waals surface area contributed by atoms with Crippen molar-refractivity contribution < 1.29 is 16.8 Å². The minimum absolute atomic E-state index is 0.0405. The average molecular weight is 316 g/mol. The zero-order valence-electron chi connectivity index (χ0n) is 10.4. The maximum absolute atomic E-state index is 12.1. The first-order valence-corrected chi connectivity index (χ1v) is 10.3. The molecule has 0 bridgehead atoms. The van der Waals surface area contributed by atoms with Gasteiger partial charge in [-0.2, -0.15) is 16.1 Å². The molecule has 0 aromatic carbocycles. The van der Waals surface area contributed by atoms with Crippen LogP contribution >= 0.6 is 11.8 Å². The SMILES string of the molecule is CCS(=O)(=O)C1CSCCN1S(=O)(=O)CCCN. The maximum Gasteiger partial charge on any atom is 0.215 e. The molecule has 0 aromatic heterocycles. The average Bonchev–Trinajstić information content (AvgIpc) is 2.36. The second-order valence-corrected chi connectivity index (χ2v) is 9.69. The first-order chi connectivity index (χ1) is 8.35. The molecule has 0 saturated carbocycles. The van der Waals surface area contributed by atoms with Gasteiger partial charge in [0.15, 0.2) is 9.84 Å². The van der Waals surface area contributed by atoms with Crippen molar-refractivity contribution >= 4 is 31.6 Å². The van der Waals surface area contributed by atoms with Crippen LogP contribution in [0.15, 0.2) is 0 Å². The summed E-state index contributed by atoms with van der Waals surface area (Å²) in [5.41, 5.74) is 5.31. The smallest absolute Gasteiger partial charge is 0.215 e. The summed E-state index contributed by atoms with van der Waals surface area (Å²) in [5, 5.41) is -0.913. The highest BCUT2D eigenvalue weighted by atomic mass is 32.2. The fourth-order valence-corrected chi connectivity index (χ4v) is 7.15. The van der Waals surface area contributed by atoms with Gasteiger partial charge in [-0.1, -0.05) is 6.92 Å². The fourth-order valence-electron chi connectivity index (χ4n) is 1.74. The number of sulfonamides is 1. The molecule has 0 radical (unpaired) electrons. The Morgan fingerprint density at radius 3 is 2.56 bits per heavy atom. The summed E-state index contributed by atoms with van der Waals surface area (Å²) in [6, 6.07) is 0. The van der Waals surface area contributed by atoms with Crippen LogP contribution in [0.4, 0.5) is 0 Å². The van der Waals surface area contributed by atoms with Crippen molar-refractivity contribution in [2.75, 3.05) is 36.1 Å². The number of nitrogens with zero attached hydrogens (tertiary/aromatic N) is 1. The molecule has 0 amide bonds. The summed E-state index contributed by atoms with van der Waals surface area (Å²) >= 11 is 1.48. The van der Waals surface area contributed by atoms with E-state index in [-0.39, 0.29) is 24.6 Å². The van der Waals surface area contributed by atoms with E-state index in [1.807, 2.05) is 0 Å². The molecule has 18 heavy (non-hydrogen) atoms. The standard InChI is InChI=1S/C9H20N2O4S3/c1-2-17(12,13)9-8-16-6-5-11(9)18(14,15)7-3-4-10/h9H,2-8,10H2,1H3. The van der Waals surface area contributed by atoms with Crippen LogP contribution in [0.25, 0.3) is 0 Å². The quantitative estimate of drug-likeness (QED) is 0.708. The predicted molar refractivity (Wildman–Crippen MR) is 74.7 cm³/mol. The number of nitrogens with two attached hydrogens (primary N) is 1. The van der Waals surface area contributed by atoms with Gasteiger partial charge < -0.3 is 5.73 Å². The second-order valence-electron chi connectivity index (χ2n) is 4.05. The van der Waals surface area contributed by atoms with Crippen LogP contribution in [0.2, 0.25) is 0 Å². The van der Waals surface area contributed by atoms with Gasteiger partial charge in [-0.05, 0) is 13.0 Å². The van der Waals surface area contributed by atoms with E-state index in [1.165, 1.54) is 11.8 Å². The van der Waals surface area contributed by atoms with E-state index in [0.29, 0.717) is 17.9 Å². The molecule has 0 aliphatic carbocycles. The largest absolute Gasteiger partial charge is 0.330 e. The Morgan fingerprint density at radius 2 is 2.00 bits per heavy atom. The zero-order chi connectivity index (χ0) is 13.8. The molecule has 1 aliphatic rings. The predicted octanol–water partition coefficient (Wildman–Crippen LogP) is -0.525. The Kier molecular flexibility index (Phi) is 5.91. The molecule has 0 spiro atoms. The second kappa shape index (κ2) is 6.56. The van der Waals surface area contributed by atoms with Crippen LogP contribution in [0.3, 0.4) is 0 Å². The van der Waals surface area contributed by atoms with Crippen LogP contribution in [-0.2, 0) is 19.9 Å². The van der Waals surface area contributed by atoms with E-state index in [0.717, 1.165) is 4.31 Å². The van der Waals surface area contributed by atoms with Crippen molar-refractivity contribution in [2.24, 2.45) is 5.73 Å². The Bertz CT molecular complexity index is 460. The molecule has 1 rings (SSSR count). The van der Waals surface area contributed by atoms with Gasteiger partial charge >= 0.3 is 0 Å². The molecular formula is C9H20N2O4S3. The third-order valence-corrected chi connectivity index (χ3v) is 8.20. The van der Waals surface area contributed by atoms with Gasteiger partial charge in [0.2, 0.25) is 10.0 Å². The van der Waals surface area contributed by atoms with Crippen LogP contribution < -0.4 is 5.73 Å². The van der Waals surface area contributed by atoms with Crippen LogP contribution in [0, 0.1) is 0 Å². The monoisotopic (exact) mass is 316 g/mol. The van der Waals surface area contributed by atoms with E-state index in [4.69, 9.17) is 5.73 Å². The minimum Gasteiger partial charge on any atom is -0.330 e. The van der Waals surface area contributed by atoms with Gasteiger partial charge in [-0.15, -0.1) is 0 Å². The van der Waals surface area contributed by atoms with Crippen molar-refractivity contribution in [1.29, 1.82) is 0 Å². The van der Waals surface area contributed by atoms with Crippen molar-refractivity contribution in [3.05, 3.63) is 0 Å². The molecule has 108 valence electrons. The summed E-state index contributed by atoms with van der Waals surface area (Å²) in [5.74, 6) is 0.834. The number of sulfone groups is 1. The van der Waals surface area contributed by atoms with E-state index in [1.54, 1.807) is 6.92 Å². The molecule has 1 heterocycles. The Balaban J connectivity index is 2.96. The van der Waals surface area contributed by atoms with E-state index >= 15 is 0 Å². The third kappa shape index (κ3) is 3.83. The lowest BCUT2D eigenvalue weighted by atomic mass is 10.5. The highest BCUT2D eigenvalue weighted by Crippen LogP contribution is 2.24. The molecular weight excluding hydrogens is 296 g/mol. The van der Waals surface area contributed by atoms with Gasteiger partial charge in [-0.3, -0.25) is 0 Å². The van der Waals surface area contributed by atoms with Gasteiger partial charge in [0.1, 0.15) is 5.37 Å². The van der Waals surface area contributed by atoms with E-state index in [2.05, 4.69) is 0 Å². The lowest BCUT2D eigenvalue weighted by Crippen LogP contribution is -2.51. The van der Waals surface area contributed by atoms with Crippen LogP contribution in [-0.4, -0.2) is 62.6 Å². The van der Waals surface area contributed by atoms with Gasteiger partial charge in [0.25, 0.3) is 0 Å². The first kappa shape index (κ1) is 16.2. The van der Waals surface area contributed by atoms with Crippen molar-refractivity contribution in [1.82, 2.24) is 4.31 Å². The topological polar surface area (TPSA) is 97.5 Å². The molecule has 9 heteroatoms. The lowest BCUT2D eigenvalue weighted by molar-refractivity contribution is 0.403. The first-order valence-electron chi connectivity index (χ1n) is 5.84. The number of thioether (sulfide) groups is 1. The minimum atomic E-state index is -3.53. The van der Waals surface area contributed by atoms with Crippen molar-refractivity contribution in [3.63, 3.8) is 0 Å². The van der Waals surface area contributed by atoms with E-state index in [9.17, 15) is 16.8 Å². The lowest BCUT2D eigenvalue weighted by Gasteiger charge is -2.33. The molecule has 1 unspecified atom stereocenters. The number of hydrogen-bond acceptors (Lipinski definition) is 6. The van der Waals surface area contributed by atoms with Crippen LogP contribution in [0.1, 0.15) is 13.3 Å². The summed E-state index contributed by atoms with van der Waals surface area (Å²) in [6.07, 6.45) is 0.352. The van der Waals surface area contributed by atoms with Gasteiger partial charge in [0.05, 0.1) is 5.75 Å². The fraction of sp³-hybridized carbons (Fsp3) is 1.00. The maximum atomic E-state index is 12.1. The molecule has 1 saturated heterocycles. The third-order valence-electron chi connectivity index (χ3n) is 2.82. The Morgan fingerprint density at radius 1 is 1.33 bits per heavy atom. The highest BCUT2D eigenvalue weighted by molar-refractivity contribution is 8.01. The normalized spacial score (nSPS) is 23.1. The van der Waals surface area contributed by atoms with Crippen LogP contribution in [0.5, 0.6) is 0 Å². The molecule has 0 aromatic rings. The number of hydrogen-bond donors (Lipinski definition) is 1. The summed E-state index contributed by atoms with van der Waals surface area (Å²) in [4.78, 5) is 0. The summed E-state index contributed by atoms with van der Waals surface area (Å²) in [6.45, 7) is 2.09.